The smallest absolute Gasteiger partial charge is 0.305 e. The second-order valence-electron chi connectivity index (χ2n) is 4.39. The molecule has 1 rings (SSSR count). The van der Waals surface area contributed by atoms with E-state index in [1.54, 1.807) is 12.1 Å². The first kappa shape index (κ1) is 16.2. The van der Waals surface area contributed by atoms with Gasteiger partial charge < -0.3 is 14.7 Å². The van der Waals surface area contributed by atoms with Gasteiger partial charge in [-0.05, 0) is 18.6 Å². The highest BCUT2D eigenvalue weighted by Gasteiger charge is 2.16. The van der Waals surface area contributed by atoms with Crippen LogP contribution < -0.4 is 4.90 Å². The number of ether oxygens (including phenoxy) is 1. The second kappa shape index (κ2) is 9.09. The van der Waals surface area contributed by atoms with Crippen LogP contribution in [0.1, 0.15) is 26.2 Å². The van der Waals surface area contributed by atoms with E-state index in [1.807, 2.05) is 25.1 Å². The molecule has 0 atom stereocenters. The van der Waals surface area contributed by atoms with Gasteiger partial charge in [-0.1, -0.05) is 25.1 Å². The molecule has 0 bridgehead atoms. The fraction of sp³-hybridized carbons (Fsp3) is 0.467. The molecule has 1 aromatic carbocycles. The molecule has 0 heterocycles. The molecule has 0 aliphatic heterocycles. The Morgan fingerprint density at radius 3 is 2.45 bits per heavy atom. The molecular formula is C15H21NO4. The number of nitrogens with zero attached hydrogens (tertiary/aromatic N) is 1. The summed E-state index contributed by atoms with van der Waals surface area (Å²) >= 11 is 0. The number of aliphatic carboxylic acids is 1. The Bertz CT molecular complexity index is 419. The Hall–Kier alpha value is -1.88. The predicted molar refractivity (Wildman–Crippen MR) is 76.8 cm³/mol. The maximum absolute atomic E-state index is 12.2. The van der Waals surface area contributed by atoms with Gasteiger partial charge in [-0.25, -0.2) is 0 Å². The molecule has 0 saturated heterocycles. The minimum absolute atomic E-state index is 0.0730. The van der Waals surface area contributed by atoms with Gasteiger partial charge in [-0.2, -0.15) is 0 Å². The van der Waals surface area contributed by atoms with Gasteiger partial charge >= 0.3 is 5.97 Å². The zero-order chi connectivity index (χ0) is 14.8. The molecule has 1 aromatic rings. The van der Waals surface area contributed by atoms with Crippen LogP contribution in [-0.4, -0.2) is 36.7 Å². The van der Waals surface area contributed by atoms with Gasteiger partial charge in [-0.15, -0.1) is 0 Å². The lowest BCUT2D eigenvalue weighted by Crippen LogP contribution is -2.33. The van der Waals surface area contributed by atoms with Crippen LogP contribution >= 0.6 is 0 Å². The first-order valence-electron chi connectivity index (χ1n) is 6.80. The van der Waals surface area contributed by atoms with E-state index in [0.717, 1.165) is 6.42 Å². The highest BCUT2D eigenvalue weighted by Crippen LogP contribution is 2.15. The lowest BCUT2D eigenvalue weighted by molar-refractivity contribution is -0.136. The van der Waals surface area contributed by atoms with Gasteiger partial charge in [0.25, 0.3) is 0 Å². The quantitative estimate of drug-likeness (QED) is 0.704. The van der Waals surface area contributed by atoms with Gasteiger partial charge in [0.1, 0.15) is 0 Å². The number of carbonyl (C=O) groups is 2. The maximum atomic E-state index is 12.2. The molecule has 0 radical (unpaired) electrons. The molecule has 110 valence electrons. The minimum atomic E-state index is -0.916. The molecule has 1 N–H and O–H groups in total. The fourth-order valence-electron chi connectivity index (χ4n) is 1.75. The summed E-state index contributed by atoms with van der Waals surface area (Å²) in [6, 6.07) is 9.10. The van der Waals surface area contributed by atoms with E-state index >= 15 is 0 Å². The first-order valence-corrected chi connectivity index (χ1v) is 6.80. The van der Waals surface area contributed by atoms with Gasteiger partial charge in [0.2, 0.25) is 5.91 Å². The highest BCUT2D eigenvalue weighted by molar-refractivity contribution is 5.93. The minimum Gasteiger partial charge on any atom is -0.481 e. The van der Waals surface area contributed by atoms with Crippen molar-refractivity contribution in [2.45, 2.75) is 26.2 Å². The topological polar surface area (TPSA) is 66.8 Å². The Balaban J connectivity index is 2.62. The third kappa shape index (κ3) is 5.84. The van der Waals surface area contributed by atoms with Gasteiger partial charge in [0.15, 0.2) is 0 Å². The highest BCUT2D eigenvalue weighted by atomic mass is 16.5. The van der Waals surface area contributed by atoms with E-state index in [0.29, 0.717) is 18.9 Å². The Morgan fingerprint density at radius 2 is 1.85 bits per heavy atom. The number of anilines is 1. The van der Waals surface area contributed by atoms with Gasteiger partial charge in [-0.3, -0.25) is 9.59 Å². The summed E-state index contributed by atoms with van der Waals surface area (Å²) in [5.41, 5.74) is 0.717. The number of rotatable bonds is 9. The second-order valence-corrected chi connectivity index (χ2v) is 4.39. The molecule has 0 spiro atoms. The zero-order valence-corrected chi connectivity index (χ0v) is 11.7. The van der Waals surface area contributed by atoms with Crippen LogP contribution in [0, 0.1) is 0 Å². The third-order valence-corrected chi connectivity index (χ3v) is 2.73. The van der Waals surface area contributed by atoms with E-state index in [1.165, 1.54) is 4.90 Å². The van der Waals surface area contributed by atoms with Crippen LogP contribution in [0.5, 0.6) is 0 Å². The standard InChI is InChI=1S/C15H21NO4/c1-2-11-20-12-9-14(17)16(10-8-15(18)19)13-6-4-3-5-7-13/h3-7H,2,8-12H2,1H3,(H,18,19). The summed E-state index contributed by atoms with van der Waals surface area (Å²) in [6.45, 7) is 3.17. The average Bonchev–Trinajstić information content (AvgIpc) is 2.44. The molecule has 5 heteroatoms. The van der Waals surface area contributed by atoms with E-state index in [9.17, 15) is 9.59 Å². The van der Waals surface area contributed by atoms with Crippen molar-refractivity contribution in [1.82, 2.24) is 0 Å². The number of amides is 1. The number of hydrogen-bond acceptors (Lipinski definition) is 3. The summed E-state index contributed by atoms with van der Waals surface area (Å²) < 4.78 is 5.30. The largest absolute Gasteiger partial charge is 0.481 e. The van der Waals surface area contributed by atoms with Crippen LogP contribution in [0.25, 0.3) is 0 Å². The maximum Gasteiger partial charge on any atom is 0.305 e. The van der Waals surface area contributed by atoms with Gasteiger partial charge in [0, 0.05) is 18.8 Å². The molecule has 1 amide bonds. The number of carbonyl (C=O) groups excluding carboxylic acids is 1. The van der Waals surface area contributed by atoms with Crippen molar-refractivity contribution in [2.75, 3.05) is 24.7 Å². The predicted octanol–water partition coefficient (Wildman–Crippen LogP) is 2.31. The van der Waals surface area contributed by atoms with Crippen LogP contribution in [-0.2, 0) is 14.3 Å². The zero-order valence-electron chi connectivity index (χ0n) is 11.7. The summed E-state index contributed by atoms with van der Waals surface area (Å²) in [6.07, 6.45) is 1.10. The number of carboxylic acid groups (broad SMARTS) is 1. The van der Waals surface area contributed by atoms with Gasteiger partial charge in [0.05, 0.1) is 19.4 Å². The lowest BCUT2D eigenvalue weighted by atomic mass is 10.2. The van der Waals surface area contributed by atoms with Crippen molar-refractivity contribution >= 4 is 17.6 Å². The Morgan fingerprint density at radius 1 is 1.15 bits per heavy atom. The number of benzene rings is 1. The fourth-order valence-corrected chi connectivity index (χ4v) is 1.75. The van der Waals surface area contributed by atoms with Crippen molar-refractivity contribution in [3.8, 4) is 0 Å². The van der Waals surface area contributed by atoms with Crippen LogP contribution in [0.4, 0.5) is 5.69 Å². The first-order chi connectivity index (χ1) is 9.65. The van der Waals surface area contributed by atoms with Crippen LogP contribution in [0.2, 0.25) is 0 Å². The number of hydrogen-bond donors (Lipinski definition) is 1. The van der Waals surface area contributed by atoms with Crippen molar-refractivity contribution in [3.63, 3.8) is 0 Å². The van der Waals surface area contributed by atoms with E-state index in [-0.39, 0.29) is 25.3 Å². The molecule has 0 aliphatic carbocycles. The van der Waals surface area contributed by atoms with Crippen molar-refractivity contribution in [1.29, 1.82) is 0 Å². The summed E-state index contributed by atoms with van der Waals surface area (Å²) in [5, 5.41) is 8.77. The molecular weight excluding hydrogens is 258 g/mol. The summed E-state index contributed by atoms with van der Waals surface area (Å²) in [7, 11) is 0. The normalized spacial score (nSPS) is 10.2. The SMILES string of the molecule is CCCOCCC(=O)N(CCC(=O)O)c1ccccc1. The Labute approximate surface area is 119 Å². The molecule has 5 nitrogen and oxygen atoms in total. The molecule has 0 fully saturated rings. The molecule has 0 unspecified atom stereocenters. The molecule has 0 aliphatic rings. The summed E-state index contributed by atoms with van der Waals surface area (Å²) in [4.78, 5) is 24.4. The summed E-state index contributed by atoms with van der Waals surface area (Å²) in [5.74, 6) is -1.03. The van der Waals surface area contributed by atoms with E-state index in [4.69, 9.17) is 9.84 Å². The number of carboxylic acids is 1. The van der Waals surface area contributed by atoms with Crippen molar-refractivity contribution < 1.29 is 19.4 Å². The molecule has 0 aromatic heterocycles. The van der Waals surface area contributed by atoms with Crippen molar-refractivity contribution in [3.05, 3.63) is 30.3 Å². The monoisotopic (exact) mass is 279 g/mol. The van der Waals surface area contributed by atoms with Crippen molar-refractivity contribution in [2.24, 2.45) is 0 Å². The molecule has 0 saturated carbocycles. The lowest BCUT2D eigenvalue weighted by Gasteiger charge is -2.22. The van der Waals surface area contributed by atoms with Crippen LogP contribution in [0.15, 0.2) is 30.3 Å². The van der Waals surface area contributed by atoms with Crippen LogP contribution in [0.3, 0.4) is 0 Å². The molecule has 20 heavy (non-hydrogen) atoms. The Kier molecular flexibility index (Phi) is 7.35. The number of para-hydroxylation sites is 1. The van der Waals surface area contributed by atoms with E-state index in [2.05, 4.69) is 0 Å². The average molecular weight is 279 g/mol. The third-order valence-electron chi connectivity index (χ3n) is 2.73. The van der Waals surface area contributed by atoms with E-state index < -0.39 is 5.97 Å².